The van der Waals surface area contributed by atoms with E-state index in [1.165, 1.54) is 18.4 Å². The highest BCUT2D eigenvalue weighted by Crippen LogP contribution is 2.22. The zero-order chi connectivity index (χ0) is 13.8. The Morgan fingerprint density at radius 3 is 2.68 bits per heavy atom. The van der Waals surface area contributed by atoms with Crippen molar-refractivity contribution in [3.8, 4) is 0 Å². The topological polar surface area (TPSA) is 56.5 Å². The lowest BCUT2D eigenvalue weighted by Gasteiger charge is -1.95. The van der Waals surface area contributed by atoms with Crippen molar-refractivity contribution in [2.45, 2.75) is 19.8 Å². The number of aryl methyl sites for hydroxylation is 1. The largest absolute Gasteiger partial charge is 0.469 e. The zero-order valence-electron chi connectivity index (χ0n) is 10.8. The number of rotatable bonds is 5. The van der Waals surface area contributed by atoms with Crippen LogP contribution in [0.15, 0.2) is 28.7 Å². The molecule has 2 heterocycles. The van der Waals surface area contributed by atoms with Crippen molar-refractivity contribution in [3.05, 3.63) is 45.5 Å². The van der Waals surface area contributed by atoms with E-state index < -0.39 is 0 Å². The Labute approximate surface area is 115 Å². The highest BCUT2D eigenvalue weighted by atomic mass is 32.1. The number of hydrogen-bond donors (Lipinski definition) is 0. The Hall–Kier alpha value is -1.88. The van der Waals surface area contributed by atoms with Crippen LogP contribution in [0.3, 0.4) is 0 Å². The number of methoxy groups -OCH3 is 1. The van der Waals surface area contributed by atoms with Crippen molar-refractivity contribution in [2.75, 3.05) is 7.11 Å². The van der Waals surface area contributed by atoms with Gasteiger partial charge in [-0.3, -0.25) is 9.59 Å². The van der Waals surface area contributed by atoms with E-state index in [4.69, 9.17) is 4.42 Å². The van der Waals surface area contributed by atoms with Crippen LogP contribution < -0.4 is 0 Å². The van der Waals surface area contributed by atoms with Crippen molar-refractivity contribution in [3.63, 3.8) is 0 Å². The van der Waals surface area contributed by atoms with E-state index in [0.29, 0.717) is 10.6 Å². The van der Waals surface area contributed by atoms with Crippen LogP contribution in [0.5, 0.6) is 0 Å². The van der Waals surface area contributed by atoms with Crippen LogP contribution in [-0.4, -0.2) is 18.9 Å². The molecule has 0 saturated heterocycles. The molecule has 2 aromatic rings. The summed E-state index contributed by atoms with van der Waals surface area (Å²) in [6, 6.07) is 6.95. The maximum atomic E-state index is 12.1. The smallest absolute Gasteiger partial charge is 0.310 e. The van der Waals surface area contributed by atoms with E-state index in [1.807, 2.05) is 6.92 Å². The fourth-order valence-corrected chi connectivity index (χ4v) is 2.56. The first-order chi connectivity index (χ1) is 9.13. The molecule has 0 aromatic carbocycles. The van der Waals surface area contributed by atoms with Gasteiger partial charge in [-0.25, -0.2) is 0 Å². The third kappa shape index (κ3) is 3.12. The van der Waals surface area contributed by atoms with Gasteiger partial charge in [-0.1, -0.05) is 6.92 Å². The third-order valence-electron chi connectivity index (χ3n) is 2.67. The third-order valence-corrected chi connectivity index (χ3v) is 3.75. The molecular weight excluding hydrogens is 264 g/mol. The molecule has 0 fully saturated rings. The fraction of sp³-hybridized carbons (Fsp3) is 0.286. The molecule has 0 spiro atoms. The number of ketones is 1. The summed E-state index contributed by atoms with van der Waals surface area (Å²) in [5.74, 6) is 0.658. The average molecular weight is 278 g/mol. The van der Waals surface area contributed by atoms with Crippen molar-refractivity contribution >= 4 is 23.1 Å². The van der Waals surface area contributed by atoms with Crippen LogP contribution in [0.1, 0.15) is 33.0 Å². The Kier molecular flexibility index (Phi) is 4.16. The lowest BCUT2D eigenvalue weighted by atomic mass is 10.2. The maximum Gasteiger partial charge on any atom is 0.310 e. The Morgan fingerprint density at radius 1 is 1.26 bits per heavy atom. The molecule has 0 amide bonds. The van der Waals surface area contributed by atoms with Gasteiger partial charge < -0.3 is 9.15 Å². The van der Waals surface area contributed by atoms with Crippen LogP contribution in [0.4, 0.5) is 0 Å². The quantitative estimate of drug-likeness (QED) is 0.623. The van der Waals surface area contributed by atoms with E-state index in [2.05, 4.69) is 4.74 Å². The van der Waals surface area contributed by atoms with Gasteiger partial charge >= 0.3 is 5.97 Å². The molecule has 0 N–H and O–H groups in total. The first-order valence-corrected chi connectivity index (χ1v) is 6.74. The minimum Gasteiger partial charge on any atom is -0.469 e. The van der Waals surface area contributed by atoms with Gasteiger partial charge in [-0.05, 0) is 24.3 Å². The number of esters is 1. The van der Waals surface area contributed by atoms with Crippen LogP contribution in [0, 0.1) is 0 Å². The van der Waals surface area contributed by atoms with Crippen LogP contribution >= 0.6 is 11.3 Å². The molecule has 5 heteroatoms. The van der Waals surface area contributed by atoms with Gasteiger partial charge in [0.15, 0.2) is 5.76 Å². The van der Waals surface area contributed by atoms with Crippen LogP contribution in [0.25, 0.3) is 0 Å². The number of furan rings is 1. The lowest BCUT2D eigenvalue weighted by molar-refractivity contribution is -0.139. The van der Waals surface area contributed by atoms with Gasteiger partial charge in [0.25, 0.3) is 0 Å². The molecule has 100 valence electrons. The standard InChI is InChI=1S/C14H14O4S/c1-3-9-4-6-11(18-9)14(16)12-7-5-10(19-12)8-13(15)17-2/h4-7H,3,8H2,1-2H3. The zero-order valence-corrected chi connectivity index (χ0v) is 11.6. The molecule has 0 aliphatic carbocycles. The molecule has 0 aliphatic rings. The lowest BCUT2D eigenvalue weighted by Crippen LogP contribution is -2.02. The molecule has 4 nitrogen and oxygen atoms in total. The van der Waals surface area contributed by atoms with Gasteiger partial charge in [0.1, 0.15) is 5.76 Å². The Balaban J connectivity index is 2.13. The van der Waals surface area contributed by atoms with Crippen LogP contribution in [-0.2, 0) is 22.4 Å². The second kappa shape index (κ2) is 5.84. The van der Waals surface area contributed by atoms with Gasteiger partial charge in [0, 0.05) is 11.3 Å². The van der Waals surface area contributed by atoms with E-state index >= 15 is 0 Å². The normalized spacial score (nSPS) is 10.4. The van der Waals surface area contributed by atoms with Crippen LogP contribution in [0.2, 0.25) is 0 Å². The highest BCUT2D eigenvalue weighted by molar-refractivity contribution is 7.14. The molecular formula is C14H14O4S. The molecule has 0 radical (unpaired) electrons. The monoisotopic (exact) mass is 278 g/mol. The van der Waals surface area contributed by atoms with Gasteiger partial charge in [-0.2, -0.15) is 0 Å². The molecule has 2 aromatic heterocycles. The summed E-state index contributed by atoms with van der Waals surface area (Å²) < 4.78 is 10.0. The molecule has 2 rings (SSSR count). The van der Waals surface area contributed by atoms with E-state index in [-0.39, 0.29) is 18.2 Å². The Bertz CT molecular complexity index is 594. The van der Waals surface area contributed by atoms with Crippen molar-refractivity contribution in [2.24, 2.45) is 0 Å². The van der Waals surface area contributed by atoms with Gasteiger partial charge in [0.2, 0.25) is 5.78 Å². The Morgan fingerprint density at radius 2 is 2.05 bits per heavy atom. The molecule has 19 heavy (non-hydrogen) atoms. The first kappa shape index (κ1) is 13.5. The molecule has 0 bridgehead atoms. The predicted molar refractivity (Wildman–Crippen MR) is 71.6 cm³/mol. The number of carbonyl (C=O) groups is 2. The minimum absolute atomic E-state index is 0.152. The van der Waals surface area contributed by atoms with E-state index in [0.717, 1.165) is 17.1 Å². The van der Waals surface area contributed by atoms with E-state index in [1.54, 1.807) is 24.3 Å². The minimum atomic E-state index is -0.313. The predicted octanol–water partition coefficient (Wildman–Crippen LogP) is 2.85. The van der Waals surface area contributed by atoms with Gasteiger partial charge in [0.05, 0.1) is 18.4 Å². The summed E-state index contributed by atoms with van der Waals surface area (Å²) in [6.45, 7) is 1.96. The highest BCUT2D eigenvalue weighted by Gasteiger charge is 2.16. The molecule has 0 aliphatic heterocycles. The van der Waals surface area contributed by atoms with Crippen molar-refractivity contribution in [1.29, 1.82) is 0 Å². The molecule has 0 atom stereocenters. The summed E-state index contributed by atoms with van der Waals surface area (Å²) in [7, 11) is 1.34. The number of ether oxygens (including phenoxy) is 1. The summed E-state index contributed by atoms with van der Waals surface area (Å²) in [4.78, 5) is 24.7. The number of thiophene rings is 1. The second-order valence-electron chi connectivity index (χ2n) is 3.97. The van der Waals surface area contributed by atoms with Crippen molar-refractivity contribution < 1.29 is 18.7 Å². The summed E-state index contributed by atoms with van der Waals surface area (Å²) in [5.41, 5.74) is 0. The SMILES string of the molecule is CCc1ccc(C(=O)c2ccc(CC(=O)OC)s2)o1. The first-order valence-electron chi connectivity index (χ1n) is 5.93. The summed E-state index contributed by atoms with van der Waals surface area (Å²) in [5, 5.41) is 0. The average Bonchev–Trinajstić information content (AvgIpc) is 3.06. The summed E-state index contributed by atoms with van der Waals surface area (Å²) >= 11 is 1.29. The molecule has 0 saturated carbocycles. The van der Waals surface area contributed by atoms with Crippen molar-refractivity contribution in [1.82, 2.24) is 0 Å². The molecule has 0 unspecified atom stereocenters. The summed E-state index contributed by atoms with van der Waals surface area (Å²) in [6.07, 6.45) is 0.943. The fourth-order valence-electron chi connectivity index (χ4n) is 1.62. The van der Waals surface area contributed by atoms with E-state index in [9.17, 15) is 9.59 Å². The maximum absolute atomic E-state index is 12.1. The second-order valence-corrected chi connectivity index (χ2v) is 5.14. The number of hydrogen-bond acceptors (Lipinski definition) is 5. The number of carbonyl (C=O) groups excluding carboxylic acids is 2. The van der Waals surface area contributed by atoms with Gasteiger partial charge in [-0.15, -0.1) is 11.3 Å².